The number of ether oxygens (including phenoxy) is 2. The topological polar surface area (TPSA) is 89.3 Å². The van der Waals surface area contributed by atoms with Crippen molar-refractivity contribution in [2.45, 2.75) is 19.8 Å². The Kier molecular flexibility index (Phi) is 7.93. The molecule has 0 aliphatic carbocycles. The summed E-state index contributed by atoms with van der Waals surface area (Å²) in [6.07, 6.45) is 2.44. The number of thioether (sulfide) groups is 1. The molecule has 1 amide bonds. The van der Waals surface area contributed by atoms with Gasteiger partial charge in [-0.3, -0.25) is 9.59 Å². The van der Waals surface area contributed by atoms with Gasteiger partial charge in [-0.1, -0.05) is 27.7 Å². The molecule has 134 valence electrons. The maximum absolute atomic E-state index is 11.3. The van der Waals surface area contributed by atoms with Crippen LogP contribution in [-0.2, 0) is 14.3 Å². The third-order valence-electron chi connectivity index (χ3n) is 2.99. The average Bonchev–Trinajstić information content (AvgIpc) is 2.99. The van der Waals surface area contributed by atoms with Crippen molar-refractivity contribution >= 4 is 51.0 Å². The van der Waals surface area contributed by atoms with E-state index in [1.807, 2.05) is 18.2 Å². The second-order valence-corrected chi connectivity index (χ2v) is 6.81. The molecule has 1 N–H and O–H groups in total. The molecule has 0 spiro atoms. The van der Waals surface area contributed by atoms with Gasteiger partial charge >= 0.3 is 5.97 Å². The monoisotopic (exact) mass is 427 g/mol. The number of esters is 1. The smallest absolute Gasteiger partial charge is 0.305 e. The van der Waals surface area contributed by atoms with Crippen LogP contribution in [0, 0.1) is 0 Å². The molecule has 1 fully saturated rings. The number of amides is 1. The van der Waals surface area contributed by atoms with Crippen LogP contribution in [0.5, 0.6) is 5.75 Å². The van der Waals surface area contributed by atoms with Crippen molar-refractivity contribution in [3.8, 4) is 5.75 Å². The van der Waals surface area contributed by atoms with Crippen LogP contribution >= 0.6 is 27.7 Å². The lowest BCUT2D eigenvalue weighted by Crippen LogP contribution is -2.19. The van der Waals surface area contributed by atoms with Crippen LogP contribution in [0.2, 0.25) is 0 Å². The molecule has 25 heavy (non-hydrogen) atoms. The Balaban J connectivity index is 1.92. The Labute approximate surface area is 158 Å². The molecular formula is C16H18BrN3O4S. The lowest BCUT2D eigenvalue weighted by molar-refractivity contribution is -0.143. The van der Waals surface area contributed by atoms with E-state index in [1.54, 1.807) is 13.1 Å². The Morgan fingerprint density at radius 3 is 3.04 bits per heavy atom. The second-order valence-electron chi connectivity index (χ2n) is 4.93. The van der Waals surface area contributed by atoms with Crippen LogP contribution in [0.1, 0.15) is 25.3 Å². The van der Waals surface area contributed by atoms with Gasteiger partial charge in [0.25, 0.3) is 0 Å². The van der Waals surface area contributed by atoms with E-state index in [1.165, 1.54) is 11.8 Å². The van der Waals surface area contributed by atoms with Crippen molar-refractivity contribution in [3.05, 3.63) is 28.2 Å². The number of nitrogens with zero attached hydrogens (tertiary/aromatic N) is 2. The summed E-state index contributed by atoms with van der Waals surface area (Å²) >= 11 is 4.71. The molecule has 1 aromatic carbocycles. The first kappa shape index (κ1) is 19.5. The van der Waals surface area contributed by atoms with E-state index in [0.717, 1.165) is 10.0 Å². The normalized spacial score (nSPS) is 15.6. The highest BCUT2D eigenvalue weighted by Crippen LogP contribution is 2.22. The highest BCUT2D eigenvalue weighted by atomic mass is 79.9. The van der Waals surface area contributed by atoms with Crippen LogP contribution in [0.25, 0.3) is 0 Å². The summed E-state index contributed by atoms with van der Waals surface area (Å²) in [5.41, 5.74) is 0.740. The number of amidine groups is 1. The number of nitrogens with one attached hydrogen (secondary N) is 1. The highest BCUT2D eigenvalue weighted by Gasteiger charge is 2.16. The van der Waals surface area contributed by atoms with Crippen molar-refractivity contribution in [1.82, 2.24) is 5.32 Å². The van der Waals surface area contributed by atoms with E-state index in [-0.39, 0.29) is 11.9 Å². The molecule has 9 heteroatoms. The molecule has 1 saturated heterocycles. The summed E-state index contributed by atoms with van der Waals surface area (Å²) in [4.78, 5) is 22.4. The van der Waals surface area contributed by atoms with Gasteiger partial charge in [-0.15, -0.1) is 5.10 Å². The molecule has 1 aromatic rings. The third kappa shape index (κ3) is 6.87. The molecule has 0 radical (unpaired) electrons. The van der Waals surface area contributed by atoms with Gasteiger partial charge in [0.2, 0.25) is 5.91 Å². The van der Waals surface area contributed by atoms with Gasteiger partial charge in [-0.25, -0.2) is 0 Å². The summed E-state index contributed by atoms with van der Waals surface area (Å²) in [6.45, 7) is 2.55. The Hall–Kier alpha value is -1.87. The molecule has 1 aliphatic heterocycles. The van der Waals surface area contributed by atoms with Gasteiger partial charge in [-0.2, -0.15) is 5.10 Å². The maximum Gasteiger partial charge on any atom is 0.305 e. The van der Waals surface area contributed by atoms with Gasteiger partial charge in [0.1, 0.15) is 5.75 Å². The van der Waals surface area contributed by atoms with Crippen LogP contribution in [0.15, 0.2) is 32.9 Å². The van der Waals surface area contributed by atoms with Gasteiger partial charge in [-0.05, 0) is 31.5 Å². The molecule has 2 rings (SSSR count). The summed E-state index contributed by atoms with van der Waals surface area (Å²) < 4.78 is 11.5. The molecular weight excluding hydrogens is 410 g/mol. The summed E-state index contributed by atoms with van der Waals surface area (Å²) in [7, 11) is 0. The van der Waals surface area contributed by atoms with Crippen molar-refractivity contribution in [2.24, 2.45) is 10.2 Å². The van der Waals surface area contributed by atoms with E-state index in [4.69, 9.17) is 9.47 Å². The molecule has 0 aromatic heterocycles. The van der Waals surface area contributed by atoms with E-state index in [9.17, 15) is 9.59 Å². The fourth-order valence-electron chi connectivity index (χ4n) is 1.91. The molecule has 1 aliphatic rings. The lowest BCUT2D eigenvalue weighted by atomic mass is 10.2. The summed E-state index contributed by atoms with van der Waals surface area (Å²) in [5.74, 6) is 0.696. The zero-order valence-electron chi connectivity index (χ0n) is 13.7. The minimum Gasteiger partial charge on any atom is -0.493 e. The van der Waals surface area contributed by atoms with Crippen molar-refractivity contribution in [1.29, 1.82) is 0 Å². The molecule has 0 unspecified atom stereocenters. The minimum atomic E-state index is -0.226. The number of hydrogen-bond donors (Lipinski definition) is 1. The predicted octanol–water partition coefficient (Wildman–Crippen LogP) is 2.72. The maximum atomic E-state index is 11.3. The molecule has 0 bridgehead atoms. The lowest BCUT2D eigenvalue weighted by Gasteiger charge is -2.09. The van der Waals surface area contributed by atoms with E-state index >= 15 is 0 Å². The quantitative estimate of drug-likeness (QED) is 0.298. The largest absolute Gasteiger partial charge is 0.493 e. The summed E-state index contributed by atoms with van der Waals surface area (Å²) in [5, 5.41) is 11.0. The fraction of sp³-hybridized carbons (Fsp3) is 0.375. The molecule has 7 nitrogen and oxygen atoms in total. The third-order valence-corrected chi connectivity index (χ3v) is 4.35. The second kappa shape index (κ2) is 10.2. The van der Waals surface area contributed by atoms with Gasteiger partial charge in [0.05, 0.1) is 25.2 Å². The number of carbonyl (C=O) groups is 2. The number of rotatable bonds is 8. The van der Waals surface area contributed by atoms with E-state index in [0.29, 0.717) is 42.7 Å². The fourth-order valence-corrected chi connectivity index (χ4v) is 2.92. The SMILES string of the molecule is CCOC(=O)CCCOc1ccc(Br)cc1C=NN=C1NC(=O)CS1. The van der Waals surface area contributed by atoms with Crippen molar-refractivity contribution in [2.75, 3.05) is 19.0 Å². The van der Waals surface area contributed by atoms with Gasteiger partial charge < -0.3 is 14.8 Å². The Bertz CT molecular complexity index is 694. The van der Waals surface area contributed by atoms with Crippen LogP contribution < -0.4 is 10.1 Å². The Morgan fingerprint density at radius 2 is 2.32 bits per heavy atom. The first-order chi connectivity index (χ1) is 12.1. The number of hydrogen-bond acceptors (Lipinski definition) is 7. The van der Waals surface area contributed by atoms with E-state index < -0.39 is 0 Å². The molecule has 1 heterocycles. The zero-order valence-corrected chi connectivity index (χ0v) is 16.1. The van der Waals surface area contributed by atoms with Crippen molar-refractivity contribution in [3.63, 3.8) is 0 Å². The van der Waals surface area contributed by atoms with E-state index in [2.05, 4.69) is 31.4 Å². The van der Waals surface area contributed by atoms with Crippen molar-refractivity contribution < 1.29 is 19.1 Å². The first-order valence-electron chi connectivity index (χ1n) is 7.70. The van der Waals surface area contributed by atoms with Crippen LogP contribution in [0.3, 0.4) is 0 Å². The standard InChI is InChI=1S/C16H18BrN3O4S/c1-2-23-15(22)4-3-7-24-13-6-5-12(17)8-11(13)9-18-20-16-19-14(21)10-25-16/h5-6,8-9H,2-4,7,10H2,1H3,(H,19,20,21). The summed E-state index contributed by atoms with van der Waals surface area (Å²) in [6, 6.07) is 5.52. The zero-order chi connectivity index (χ0) is 18.1. The Morgan fingerprint density at radius 1 is 1.48 bits per heavy atom. The van der Waals surface area contributed by atoms with Crippen LogP contribution in [0.4, 0.5) is 0 Å². The van der Waals surface area contributed by atoms with Gasteiger partial charge in [0, 0.05) is 16.5 Å². The number of carbonyl (C=O) groups excluding carboxylic acids is 2. The first-order valence-corrected chi connectivity index (χ1v) is 9.48. The molecule has 0 atom stereocenters. The predicted molar refractivity (Wildman–Crippen MR) is 101 cm³/mol. The number of halogens is 1. The van der Waals surface area contributed by atoms with Crippen LogP contribution in [-0.4, -0.2) is 42.2 Å². The minimum absolute atomic E-state index is 0.0768. The molecule has 0 saturated carbocycles. The number of benzene rings is 1. The highest BCUT2D eigenvalue weighted by molar-refractivity contribution is 9.10. The van der Waals surface area contributed by atoms with Gasteiger partial charge in [0.15, 0.2) is 5.17 Å². The average molecular weight is 428 g/mol.